The predicted octanol–water partition coefficient (Wildman–Crippen LogP) is 4.05. The third-order valence-corrected chi connectivity index (χ3v) is 8.23. The van der Waals surface area contributed by atoms with E-state index in [1.54, 1.807) is 24.4 Å². The van der Waals surface area contributed by atoms with Gasteiger partial charge in [-0.25, -0.2) is 22.2 Å². The van der Waals surface area contributed by atoms with E-state index < -0.39 is 15.8 Å². The quantitative estimate of drug-likeness (QED) is 0.581. The minimum absolute atomic E-state index is 0.130. The van der Waals surface area contributed by atoms with Crippen LogP contribution in [0.2, 0.25) is 0 Å². The number of thiazole rings is 1. The van der Waals surface area contributed by atoms with Crippen LogP contribution in [0.3, 0.4) is 0 Å². The van der Waals surface area contributed by atoms with Gasteiger partial charge in [0.2, 0.25) is 15.9 Å². The monoisotopic (exact) mass is 477 g/mol. The van der Waals surface area contributed by atoms with E-state index in [2.05, 4.69) is 10.3 Å². The summed E-state index contributed by atoms with van der Waals surface area (Å²) >= 11 is 1.27. The second-order valence-electron chi connectivity index (χ2n) is 7.50. The number of carbonyl (C=O) groups is 1. The fourth-order valence-electron chi connectivity index (χ4n) is 3.64. The Balaban J connectivity index is 1.34. The Morgan fingerprint density at radius 3 is 2.41 bits per heavy atom. The first-order valence-corrected chi connectivity index (χ1v) is 12.3. The molecule has 1 fully saturated rings. The summed E-state index contributed by atoms with van der Waals surface area (Å²) in [4.78, 5) is 17.3. The van der Waals surface area contributed by atoms with E-state index in [-0.39, 0.29) is 35.6 Å². The van der Waals surface area contributed by atoms with Crippen molar-refractivity contribution in [3.05, 3.63) is 76.8 Å². The smallest absolute Gasteiger partial charge is 0.245 e. The largest absolute Gasteiger partial charge is 0.302 e. The number of anilines is 1. The highest BCUT2D eigenvalue weighted by Crippen LogP contribution is 2.27. The summed E-state index contributed by atoms with van der Waals surface area (Å²) in [7, 11) is -3.94. The SMILES string of the molecule is O=C(Nc1ncc(Cc2ccccc2F)s1)C1CCN(S(=O)(=O)c2ccccc2F)CC1. The van der Waals surface area contributed by atoms with Crippen LogP contribution in [0.4, 0.5) is 13.9 Å². The molecule has 1 amide bonds. The summed E-state index contributed by atoms with van der Waals surface area (Å²) in [5.74, 6) is -1.69. The zero-order chi connectivity index (χ0) is 22.7. The molecule has 0 spiro atoms. The van der Waals surface area contributed by atoms with E-state index in [9.17, 15) is 22.0 Å². The third kappa shape index (κ3) is 4.87. The summed E-state index contributed by atoms with van der Waals surface area (Å²) in [6.07, 6.45) is 2.64. The first kappa shape index (κ1) is 22.5. The van der Waals surface area contributed by atoms with Gasteiger partial charge in [-0.1, -0.05) is 30.3 Å². The second kappa shape index (κ2) is 9.43. The van der Waals surface area contributed by atoms with Crippen LogP contribution in [0, 0.1) is 17.6 Å². The molecule has 1 N–H and O–H groups in total. The molecule has 32 heavy (non-hydrogen) atoms. The van der Waals surface area contributed by atoms with Gasteiger partial charge in [-0.2, -0.15) is 4.31 Å². The van der Waals surface area contributed by atoms with E-state index in [0.29, 0.717) is 30.0 Å². The van der Waals surface area contributed by atoms with Crippen molar-refractivity contribution in [1.82, 2.24) is 9.29 Å². The number of nitrogens with zero attached hydrogens (tertiary/aromatic N) is 2. The molecule has 1 aliphatic rings. The number of hydrogen-bond donors (Lipinski definition) is 1. The number of sulfonamides is 1. The Labute approximate surface area is 189 Å². The van der Waals surface area contributed by atoms with Gasteiger partial charge in [-0.15, -0.1) is 11.3 Å². The predicted molar refractivity (Wildman–Crippen MR) is 118 cm³/mol. The van der Waals surface area contributed by atoms with E-state index in [1.807, 2.05) is 0 Å². The lowest BCUT2D eigenvalue weighted by molar-refractivity contribution is -0.120. The molecule has 2 aromatic carbocycles. The number of aromatic nitrogens is 1. The fourth-order valence-corrected chi connectivity index (χ4v) is 6.01. The van der Waals surface area contributed by atoms with Gasteiger partial charge in [0.1, 0.15) is 16.5 Å². The van der Waals surface area contributed by atoms with Crippen molar-refractivity contribution in [1.29, 1.82) is 0 Å². The van der Waals surface area contributed by atoms with Crippen LogP contribution in [0.15, 0.2) is 59.6 Å². The first-order chi connectivity index (χ1) is 15.3. The fraction of sp³-hybridized carbons (Fsp3) is 0.273. The van der Waals surface area contributed by atoms with Gasteiger partial charge in [0, 0.05) is 36.5 Å². The Kier molecular flexibility index (Phi) is 6.63. The summed E-state index contributed by atoms with van der Waals surface area (Å²) in [5.41, 5.74) is 0.553. The molecule has 6 nitrogen and oxygen atoms in total. The van der Waals surface area contributed by atoms with Crippen LogP contribution in [-0.4, -0.2) is 36.7 Å². The van der Waals surface area contributed by atoms with Gasteiger partial charge in [0.15, 0.2) is 5.13 Å². The maximum absolute atomic E-state index is 14.0. The van der Waals surface area contributed by atoms with Crippen LogP contribution in [0.1, 0.15) is 23.3 Å². The van der Waals surface area contributed by atoms with Crippen molar-refractivity contribution in [2.45, 2.75) is 24.2 Å². The standard InChI is InChI=1S/C22H21F2N3O3S2/c23-18-6-2-1-5-16(18)13-17-14-25-22(31-17)26-21(28)15-9-11-27(12-10-15)32(29,30)20-8-4-3-7-19(20)24/h1-8,14-15H,9-13H2,(H,25,26,28). The summed E-state index contributed by atoms with van der Waals surface area (Å²) in [6.45, 7) is 0.260. The van der Waals surface area contributed by atoms with Gasteiger partial charge in [0.25, 0.3) is 0 Å². The van der Waals surface area contributed by atoms with Crippen LogP contribution in [-0.2, 0) is 21.2 Å². The van der Waals surface area contributed by atoms with Crippen LogP contribution in [0.25, 0.3) is 0 Å². The van der Waals surface area contributed by atoms with E-state index >= 15 is 0 Å². The highest BCUT2D eigenvalue weighted by Gasteiger charge is 2.33. The Morgan fingerprint density at radius 1 is 1.06 bits per heavy atom. The molecule has 0 atom stereocenters. The number of nitrogens with one attached hydrogen (secondary N) is 1. The average Bonchev–Trinajstić information content (AvgIpc) is 3.22. The van der Waals surface area contributed by atoms with Crippen molar-refractivity contribution in [2.24, 2.45) is 5.92 Å². The molecule has 168 valence electrons. The van der Waals surface area contributed by atoms with Crippen LogP contribution >= 0.6 is 11.3 Å². The molecular weight excluding hydrogens is 456 g/mol. The molecule has 1 aliphatic heterocycles. The van der Waals surface area contributed by atoms with E-state index in [4.69, 9.17) is 0 Å². The van der Waals surface area contributed by atoms with Gasteiger partial charge in [0.05, 0.1) is 0 Å². The summed E-state index contributed by atoms with van der Waals surface area (Å²) < 4.78 is 54.4. The molecule has 1 aromatic heterocycles. The van der Waals surface area contributed by atoms with Crippen LogP contribution < -0.4 is 5.32 Å². The highest BCUT2D eigenvalue weighted by molar-refractivity contribution is 7.89. The lowest BCUT2D eigenvalue weighted by Crippen LogP contribution is -2.41. The zero-order valence-electron chi connectivity index (χ0n) is 17.0. The Bertz CT molecular complexity index is 1220. The molecule has 4 rings (SSSR count). The summed E-state index contributed by atoms with van der Waals surface area (Å²) in [5, 5.41) is 3.19. The zero-order valence-corrected chi connectivity index (χ0v) is 18.6. The Morgan fingerprint density at radius 2 is 1.72 bits per heavy atom. The van der Waals surface area contributed by atoms with Crippen molar-refractivity contribution in [3.63, 3.8) is 0 Å². The third-order valence-electron chi connectivity index (χ3n) is 5.39. The maximum atomic E-state index is 14.0. The van der Waals surface area contributed by atoms with Crippen LogP contribution in [0.5, 0.6) is 0 Å². The Hall–Kier alpha value is -2.69. The number of carbonyl (C=O) groups excluding carboxylic acids is 1. The minimum atomic E-state index is -3.94. The molecular formula is C22H21F2N3O3S2. The van der Waals surface area contributed by atoms with Crippen molar-refractivity contribution in [2.75, 3.05) is 18.4 Å². The lowest BCUT2D eigenvalue weighted by Gasteiger charge is -2.30. The number of rotatable bonds is 6. The molecule has 0 aliphatic carbocycles. The average molecular weight is 478 g/mol. The van der Waals surface area contributed by atoms with E-state index in [0.717, 1.165) is 10.9 Å². The molecule has 0 bridgehead atoms. The lowest BCUT2D eigenvalue weighted by atomic mass is 9.97. The number of piperidine rings is 1. The topological polar surface area (TPSA) is 79.4 Å². The maximum Gasteiger partial charge on any atom is 0.245 e. The van der Waals surface area contributed by atoms with Gasteiger partial charge in [-0.3, -0.25) is 4.79 Å². The van der Waals surface area contributed by atoms with E-state index in [1.165, 1.54) is 39.9 Å². The number of hydrogen-bond acceptors (Lipinski definition) is 5. The molecule has 0 radical (unpaired) electrons. The van der Waals surface area contributed by atoms with Crippen molar-refractivity contribution >= 4 is 32.4 Å². The molecule has 10 heteroatoms. The number of amides is 1. The van der Waals surface area contributed by atoms with Gasteiger partial charge in [-0.05, 0) is 36.6 Å². The molecule has 1 saturated heterocycles. The number of halogens is 2. The first-order valence-electron chi connectivity index (χ1n) is 10.1. The van der Waals surface area contributed by atoms with Crippen molar-refractivity contribution in [3.8, 4) is 0 Å². The molecule has 0 unspecified atom stereocenters. The van der Waals surface area contributed by atoms with Gasteiger partial charge >= 0.3 is 0 Å². The second-order valence-corrected chi connectivity index (χ2v) is 10.5. The van der Waals surface area contributed by atoms with Crippen molar-refractivity contribution < 1.29 is 22.0 Å². The highest BCUT2D eigenvalue weighted by atomic mass is 32.2. The molecule has 3 aromatic rings. The molecule has 0 saturated carbocycles. The summed E-state index contributed by atoms with van der Waals surface area (Å²) in [6, 6.07) is 11.8. The molecule has 2 heterocycles. The normalized spacial score (nSPS) is 15.6. The number of benzene rings is 2. The van der Waals surface area contributed by atoms with Gasteiger partial charge < -0.3 is 5.32 Å². The minimum Gasteiger partial charge on any atom is -0.302 e.